The molecule has 1 N–H and O–H groups in total. The van der Waals surface area contributed by atoms with Gasteiger partial charge in [0.1, 0.15) is 0 Å². The second-order valence-corrected chi connectivity index (χ2v) is 3.89. The summed E-state index contributed by atoms with van der Waals surface area (Å²) < 4.78 is 4.84. The molecule has 0 unspecified atom stereocenters. The van der Waals surface area contributed by atoms with Gasteiger partial charge in [0, 0.05) is 47.5 Å². The van der Waals surface area contributed by atoms with Crippen LogP contribution in [0.2, 0.25) is 0 Å². The topological polar surface area (TPSA) is 75.7 Å². The highest BCUT2D eigenvalue weighted by Gasteiger charge is 2.28. The number of carbonyl (C=O) groups excluding carboxylic acids is 3. The lowest BCUT2D eigenvalue weighted by Crippen LogP contribution is -2.34. The largest absolute Gasteiger partial charge is 0.385 e. The van der Waals surface area contributed by atoms with Crippen molar-refractivity contribution in [2.24, 2.45) is 0 Å². The van der Waals surface area contributed by atoms with E-state index in [1.54, 1.807) is 7.11 Å². The summed E-state index contributed by atoms with van der Waals surface area (Å²) in [4.78, 5) is 35.0. The second-order valence-electron chi connectivity index (χ2n) is 3.89. The van der Waals surface area contributed by atoms with E-state index in [0.717, 1.165) is 11.3 Å². The van der Waals surface area contributed by atoms with E-state index in [-0.39, 0.29) is 45.0 Å². The molecule has 1 fully saturated rings. The Hall–Kier alpha value is -1.43. The molecule has 98 valence electrons. The molecule has 17 heavy (non-hydrogen) atoms. The van der Waals surface area contributed by atoms with Crippen LogP contribution in [0, 0.1) is 0 Å². The van der Waals surface area contributed by atoms with E-state index in [0.29, 0.717) is 13.2 Å². The number of nitrogens with zero attached hydrogens (tertiary/aromatic N) is 1. The molecule has 0 aromatic carbocycles. The molecule has 1 rings (SSSR count). The van der Waals surface area contributed by atoms with Gasteiger partial charge in [-0.05, 0) is 6.42 Å². The summed E-state index contributed by atoms with van der Waals surface area (Å²) in [5.74, 6) is -0.502. The Morgan fingerprint density at radius 2 is 2.06 bits per heavy atom. The molecule has 1 saturated heterocycles. The molecule has 0 saturated carbocycles. The van der Waals surface area contributed by atoms with E-state index in [9.17, 15) is 14.4 Å². The maximum Gasteiger partial charge on any atom is 0.229 e. The van der Waals surface area contributed by atoms with Crippen LogP contribution in [0.5, 0.6) is 0 Å². The van der Waals surface area contributed by atoms with Gasteiger partial charge in [0.25, 0.3) is 0 Å². The van der Waals surface area contributed by atoms with Gasteiger partial charge in [-0.1, -0.05) is 0 Å². The number of imide groups is 1. The maximum atomic E-state index is 11.4. The van der Waals surface area contributed by atoms with E-state index in [2.05, 4.69) is 5.32 Å². The standard InChI is InChI=1S/C11H18N2O4.H2/c1-17-8-2-6-12-9(14)5-7-13-10(15)3-4-11(13)16;/h2-8H2,1H3,(H,12,14);1H. The first-order chi connectivity index (χ1) is 8.15. The summed E-state index contributed by atoms with van der Waals surface area (Å²) in [6, 6.07) is 0. The number of carbonyl (C=O) groups is 3. The Labute approximate surface area is 102 Å². The van der Waals surface area contributed by atoms with Gasteiger partial charge in [-0.2, -0.15) is 0 Å². The van der Waals surface area contributed by atoms with Crippen molar-refractivity contribution >= 4 is 17.7 Å². The third kappa shape index (κ3) is 4.52. The predicted molar refractivity (Wildman–Crippen MR) is 62.2 cm³/mol. The third-order valence-corrected chi connectivity index (χ3v) is 2.56. The molecule has 6 nitrogen and oxygen atoms in total. The highest BCUT2D eigenvalue weighted by Crippen LogP contribution is 2.11. The van der Waals surface area contributed by atoms with Crippen molar-refractivity contribution in [2.45, 2.75) is 25.7 Å². The number of nitrogens with one attached hydrogen (secondary N) is 1. The highest BCUT2D eigenvalue weighted by molar-refractivity contribution is 6.02. The summed E-state index contributed by atoms with van der Waals surface area (Å²) in [5, 5.41) is 2.70. The zero-order valence-corrected chi connectivity index (χ0v) is 10.0. The van der Waals surface area contributed by atoms with Gasteiger partial charge in [0.05, 0.1) is 0 Å². The number of rotatable bonds is 7. The lowest BCUT2D eigenvalue weighted by molar-refractivity contribution is -0.138. The van der Waals surface area contributed by atoms with Gasteiger partial charge in [-0.3, -0.25) is 19.3 Å². The Morgan fingerprint density at radius 1 is 1.41 bits per heavy atom. The molecule has 0 aromatic rings. The number of ether oxygens (including phenoxy) is 1. The van der Waals surface area contributed by atoms with Crippen LogP contribution >= 0.6 is 0 Å². The number of amides is 3. The van der Waals surface area contributed by atoms with Crippen molar-refractivity contribution in [1.82, 2.24) is 10.2 Å². The van der Waals surface area contributed by atoms with Crippen molar-refractivity contribution in [3.8, 4) is 0 Å². The number of hydrogen-bond acceptors (Lipinski definition) is 4. The van der Waals surface area contributed by atoms with Crippen molar-refractivity contribution in [1.29, 1.82) is 0 Å². The summed E-state index contributed by atoms with van der Waals surface area (Å²) in [5.41, 5.74) is 0. The van der Waals surface area contributed by atoms with E-state index in [1.165, 1.54) is 0 Å². The lowest BCUT2D eigenvalue weighted by Gasteiger charge is -2.13. The quantitative estimate of drug-likeness (QED) is 0.502. The number of methoxy groups -OCH3 is 1. The van der Waals surface area contributed by atoms with E-state index in [4.69, 9.17) is 4.74 Å². The second kappa shape index (κ2) is 7.01. The van der Waals surface area contributed by atoms with Crippen LogP contribution in [0.15, 0.2) is 0 Å². The van der Waals surface area contributed by atoms with Crippen LogP contribution < -0.4 is 5.32 Å². The zero-order valence-electron chi connectivity index (χ0n) is 10.0. The van der Waals surface area contributed by atoms with Gasteiger partial charge >= 0.3 is 0 Å². The molecule has 1 aliphatic rings. The number of hydrogen-bond donors (Lipinski definition) is 1. The first-order valence-electron chi connectivity index (χ1n) is 5.74. The minimum Gasteiger partial charge on any atom is -0.385 e. The monoisotopic (exact) mass is 244 g/mol. The van der Waals surface area contributed by atoms with Gasteiger partial charge in [0.15, 0.2) is 0 Å². The molecule has 0 aromatic heterocycles. The van der Waals surface area contributed by atoms with Crippen molar-refractivity contribution in [3.63, 3.8) is 0 Å². The first kappa shape index (κ1) is 13.6. The minimum absolute atomic E-state index is 0. The van der Waals surface area contributed by atoms with Crippen LogP contribution in [0.1, 0.15) is 27.1 Å². The van der Waals surface area contributed by atoms with E-state index in [1.807, 2.05) is 0 Å². The molecule has 0 aliphatic carbocycles. The Morgan fingerprint density at radius 3 is 2.65 bits per heavy atom. The lowest BCUT2D eigenvalue weighted by atomic mass is 10.3. The Balaban J connectivity index is 0.00000289. The van der Waals surface area contributed by atoms with Crippen molar-refractivity contribution in [2.75, 3.05) is 26.8 Å². The van der Waals surface area contributed by atoms with Crippen LogP contribution in [-0.4, -0.2) is 49.4 Å². The fraction of sp³-hybridized carbons (Fsp3) is 0.727. The van der Waals surface area contributed by atoms with Gasteiger partial charge in [0.2, 0.25) is 17.7 Å². The molecule has 0 atom stereocenters. The molecule has 1 aliphatic heterocycles. The maximum absolute atomic E-state index is 11.4. The van der Waals surface area contributed by atoms with E-state index >= 15 is 0 Å². The third-order valence-electron chi connectivity index (χ3n) is 2.56. The summed E-state index contributed by atoms with van der Waals surface area (Å²) in [7, 11) is 1.60. The molecular weight excluding hydrogens is 224 g/mol. The summed E-state index contributed by atoms with van der Waals surface area (Å²) in [6.45, 7) is 1.34. The van der Waals surface area contributed by atoms with Crippen LogP contribution in [0.4, 0.5) is 0 Å². The minimum atomic E-state index is -0.179. The summed E-state index contributed by atoms with van der Waals surface area (Å²) in [6.07, 6.45) is 1.47. The normalized spacial score (nSPS) is 15.5. The average Bonchev–Trinajstić information content (AvgIpc) is 2.62. The molecule has 6 heteroatoms. The smallest absolute Gasteiger partial charge is 0.229 e. The van der Waals surface area contributed by atoms with Gasteiger partial charge in [-0.25, -0.2) is 0 Å². The van der Waals surface area contributed by atoms with Gasteiger partial charge in [-0.15, -0.1) is 0 Å². The van der Waals surface area contributed by atoms with E-state index < -0.39 is 0 Å². The summed E-state index contributed by atoms with van der Waals surface area (Å²) >= 11 is 0. The van der Waals surface area contributed by atoms with Gasteiger partial charge < -0.3 is 10.1 Å². The van der Waals surface area contributed by atoms with Crippen LogP contribution in [-0.2, 0) is 19.1 Å². The first-order valence-corrected chi connectivity index (χ1v) is 5.74. The van der Waals surface area contributed by atoms with Crippen molar-refractivity contribution < 1.29 is 20.5 Å². The Bertz CT molecular complexity index is 293. The molecule has 1 heterocycles. The zero-order chi connectivity index (χ0) is 12.7. The fourth-order valence-electron chi connectivity index (χ4n) is 1.62. The molecular formula is C11H20N2O4. The molecule has 0 bridgehead atoms. The predicted octanol–water partition coefficient (Wildman–Crippen LogP) is -0.0758. The Kier molecular flexibility index (Phi) is 5.62. The highest BCUT2D eigenvalue weighted by atomic mass is 16.5. The average molecular weight is 244 g/mol. The van der Waals surface area contributed by atoms with Crippen LogP contribution in [0.25, 0.3) is 0 Å². The SMILES string of the molecule is COCCCNC(=O)CCN1C(=O)CCC1=O.[HH]. The van der Waals surface area contributed by atoms with Crippen molar-refractivity contribution in [3.05, 3.63) is 0 Å². The molecule has 3 amide bonds. The van der Waals surface area contributed by atoms with Crippen LogP contribution in [0.3, 0.4) is 0 Å². The number of likely N-dealkylation sites (tertiary alicyclic amines) is 1. The molecule has 0 radical (unpaired) electrons. The fourth-order valence-corrected chi connectivity index (χ4v) is 1.62. The molecule has 0 spiro atoms.